The normalized spacial score (nSPS) is 10.4. The monoisotopic (exact) mass is 383 g/mol. The molecule has 0 aromatic heterocycles. The number of aryl methyl sites for hydroxylation is 1. The van der Waals surface area contributed by atoms with Gasteiger partial charge in [-0.1, -0.05) is 41.4 Å². The summed E-state index contributed by atoms with van der Waals surface area (Å²) in [4.78, 5) is 23.4. The molecule has 0 unspecified atom stereocenters. The van der Waals surface area contributed by atoms with Crippen LogP contribution < -0.4 is 5.32 Å². The van der Waals surface area contributed by atoms with Crippen LogP contribution in [0.25, 0.3) is 0 Å². The molecule has 0 radical (unpaired) electrons. The van der Waals surface area contributed by atoms with Crippen molar-refractivity contribution in [2.24, 2.45) is 0 Å². The summed E-state index contributed by atoms with van der Waals surface area (Å²) >= 11 is 11.8. The van der Waals surface area contributed by atoms with Gasteiger partial charge in [0.15, 0.2) is 6.61 Å². The number of esters is 1. The van der Waals surface area contributed by atoms with Gasteiger partial charge in [0, 0.05) is 23.0 Å². The third-order valence-electron chi connectivity index (χ3n) is 3.39. The summed E-state index contributed by atoms with van der Waals surface area (Å²) in [5.41, 5.74) is 1.53. The highest BCUT2D eigenvalue weighted by Gasteiger charge is 2.09. The summed E-state index contributed by atoms with van der Waals surface area (Å²) < 4.78 is 17.7. The van der Waals surface area contributed by atoms with E-state index in [-0.39, 0.29) is 25.4 Å². The molecule has 0 saturated carbocycles. The molecule has 7 heteroatoms. The van der Waals surface area contributed by atoms with Crippen LogP contribution in [0.5, 0.6) is 0 Å². The van der Waals surface area contributed by atoms with E-state index in [2.05, 4.69) is 5.32 Å². The summed E-state index contributed by atoms with van der Waals surface area (Å²) in [6.07, 6.45) is 0.531. The summed E-state index contributed by atoms with van der Waals surface area (Å²) in [6.45, 7) is -0.157. The standard InChI is InChI=1S/C18H16Cl2FNO3/c19-14-5-4-13(16(20)9-14)10-22-17(23)11-25-18(24)8-3-12-1-6-15(21)7-2-12/h1-2,4-7,9H,3,8,10-11H2,(H,22,23). The maximum absolute atomic E-state index is 12.8. The van der Waals surface area contributed by atoms with E-state index in [0.717, 1.165) is 5.56 Å². The van der Waals surface area contributed by atoms with Gasteiger partial charge in [-0.25, -0.2) is 4.39 Å². The van der Waals surface area contributed by atoms with E-state index < -0.39 is 11.9 Å². The van der Waals surface area contributed by atoms with E-state index in [9.17, 15) is 14.0 Å². The minimum atomic E-state index is -0.496. The van der Waals surface area contributed by atoms with E-state index in [1.165, 1.54) is 12.1 Å². The van der Waals surface area contributed by atoms with Crippen LogP contribution in [0.4, 0.5) is 4.39 Å². The number of amides is 1. The van der Waals surface area contributed by atoms with Crippen molar-refractivity contribution < 1.29 is 18.7 Å². The van der Waals surface area contributed by atoms with Crippen LogP contribution in [-0.2, 0) is 27.3 Å². The second-order valence-electron chi connectivity index (χ2n) is 5.30. The van der Waals surface area contributed by atoms with E-state index >= 15 is 0 Å². The predicted molar refractivity (Wildman–Crippen MR) is 94.0 cm³/mol. The number of hydrogen-bond acceptors (Lipinski definition) is 3. The lowest BCUT2D eigenvalue weighted by Gasteiger charge is -2.08. The van der Waals surface area contributed by atoms with Crippen LogP contribution >= 0.6 is 23.2 Å². The van der Waals surface area contributed by atoms with Gasteiger partial charge in [-0.3, -0.25) is 9.59 Å². The second kappa shape index (κ2) is 9.39. The van der Waals surface area contributed by atoms with Gasteiger partial charge in [-0.2, -0.15) is 0 Å². The molecule has 0 spiro atoms. The molecule has 0 aliphatic heterocycles. The zero-order valence-electron chi connectivity index (χ0n) is 13.2. The van der Waals surface area contributed by atoms with Crippen LogP contribution in [0.1, 0.15) is 17.5 Å². The maximum atomic E-state index is 12.8. The fourth-order valence-electron chi connectivity index (χ4n) is 2.03. The van der Waals surface area contributed by atoms with Gasteiger partial charge < -0.3 is 10.1 Å². The van der Waals surface area contributed by atoms with Crippen molar-refractivity contribution in [1.82, 2.24) is 5.32 Å². The number of halogens is 3. The molecule has 0 aliphatic rings. The third kappa shape index (κ3) is 6.72. The van der Waals surface area contributed by atoms with Gasteiger partial charge in [0.25, 0.3) is 5.91 Å². The van der Waals surface area contributed by atoms with E-state index in [1.807, 2.05) is 0 Å². The number of rotatable bonds is 7. The number of carbonyl (C=O) groups is 2. The molecule has 1 amide bonds. The fraction of sp³-hybridized carbons (Fsp3) is 0.222. The van der Waals surface area contributed by atoms with E-state index in [4.69, 9.17) is 27.9 Å². The van der Waals surface area contributed by atoms with Crippen molar-refractivity contribution in [3.63, 3.8) is 0 Å². The molecular formula is C18H16Cl2FNO3. The van der Waals surface area contributed by atoms with Gasteiger partial charge in [0.1, 0.15) is 5.82 Å². The first-order valence-electron chi connectivity index (χ1n) is 7.55. The molecule has 0 bridgehead atoms. The average molecular weight is 384 g/mol. The molecule has 0 aliphatic carbocycles. The molecule has 4 nitrogen and oxygen atoms in total. The Morgan fingerprint density at radius 2 is 1.80 bits per heavy atom. The summed E-state index contributed by atoms with van der Waals surface area (Å²) in [5.74, 6) is -1.26. The van der Waals surface area contributed by atoms with Gasteiger partial charge >= 0.3 is 5.97 Å². The Hall–Kier alpha value is -2.11. The molecule has 132 valence electrons. The van der Waals surface area contributed by atoms with Crippen molar-refractivity contribution in [2.75, 3.05) is 6.61 Å². The predicted octanol–water partition coefficient (Wildman–Crippen LogP) is 3.92. The average Bonchev–Trinajstić information content (AvgIpc) is 2.58. The van der Waals surface area contributed by atoms with Crippen molar-refractivity contribution in [1.29, 1.82) is 0 Å². The Morgan fingerprint density at radius 3 is 2.48 bits per heavy atom. The van der Waals surface area contributed by atoms with Gasteiger partial charge in [0.2, 0.25) is 0 Å². The van der Waals surface area contributed by atoms with Crippen molar-refractivity contribution in [3.8, 4) is 0 Å². The smallest absolute Gasteiger partial charge is 0.306 e. The first-order valence-corrected chi connectivity index (χ1v) is 8.30. The molecule has 0 saturated heterocycles. The minimum Gasteiger partial charge on any atom is -0.456 e. The zero-order valence-corrected chi connectivity index (χ0v) is 14.7. The highest BCUT2D eigenvalue weighted by atomic mass is 35.5. The minimum absolute atomic E-state index is 0.113. The number of nitrogens with one attached hydrogen (secondary N) is 1. The van der Waals surface area contributed by atoms with Crippen molar-refractivity contribution in [2.45, 2.75) is 19.4 Å². The van der Waals surface area contributed by atoms with Gasteiger partial charge in [-0.05, 0) is 41.8 Å². The highest BCUT2D eigenvalue weighted by Crippen LogP contribution is 2.20. The largest absolute Gasteiger partial charge is 0.456 e. The van der Waals surface area contributed by atoms with Crippen molar-refractivity contribution in [3.05, 3.63) is 69.5 Å². The highest BCUT2D eigenvalue weighted by molar-refractivity contribution is 6.35. The molecule has 2 aromatic carbocycles. The lowest BCUT2D eigenvalue weighted by atomic mass is 10.1. The van der Waals surface area contributed by atoms with Crippen molar-refractivity contribution >= 4 is 35.1 Å². The first kappa shape index (κ1) is 19.2. The third-order valence-corrected chi connectivity index (χ3v) is 3.97. The van der Waals surface area contributed by atoms with Gasteiger partial charge in [-0.15, -0.1) is 0 Å². The number of hydrogen-bond donors (Lipinski definition) is 1. The molecule has 25 heavy (non-hydrogen) atoms. The van der Waals surface area contributed by atoms with Crippen LogP contribution in [-0.4, -0.2) is 18.5 Å². The summed E-state index contributed by atoms with van der Waals surface area (Å²) in [6, 6.07) is 10.8. The molecular weight excluding hydrogens is 368 g/mol. The number of carbonyl (C=O) groups excluding carboxylic acids is 2. The van der Waals surface area contributed by atoms with Crippen LogP contribution in [0.2, 0.25) is 10.0 Å². The topological polar surface area (TPSA) is 55.4 Å². The molecule has 1 N–H and O–H groups in total. The Labute approximate surface area is 154 Å². The first-order chi connectivity index (χ1) is 11.9. The SMILES string of the molecule is O=C(COC(=O)CCc1ccc(F)cc1)NCc1ccc(Cl)cc1Cl. The summed E-state index contributed by atoms with van der Waals surface area (Å²) in [7, 11) is 0. The van der Waals surface area contributed by atoms with Crippen LogP contribution in [0.15, 0.2) is 42.5 Å². The Bertz CT molecular complexity index is 750. The quantitative estimate of drug-likeness (QED) is 0.737. The number of ether oxygens (including phenoxy) is 1. The molecule has 0 atom stereocenters. The Balaban J connectivity index is 1.68. The maximum Gasteiger partial charge on any atom is 0.306 e. The zero-order chi connectivity index (χ0) is 18.2. The fourth-order valence-corrected chi connectivity index (χ4v) is 2.50. The van der Waals surface area contributed by atoms with E-state index in [0.29, 0.717) is 22.0 Å². The lowest BCUT2D eigenvalue weighted by molar-refractivity contribution is -0.148. The molecule has 2 rings (SSSR count). The Morgan fingerprint density at radius 1 is 1.08 bits per heavy atom. The van der Waals surface area contributed by atoms with E-state index in [1.54, 1.807) is 30.3 Å². The number of benzene rings is 2. The molecule has 0 fully saturated rings. The van der Waals surface area contributed by atoms with Gasteiger partial charge in [0.05, 0.1) is 0 Å². The van der Waals surface area contributed by atoms with Crippen LogP contribution in [0, 0.1) is 5.82 Å². The molecule has 2 aromatic rings. The van der Waals surface area contributed by atoms with Crippen LogP contribution in [0.3, 0.4) is 0 Å². The molecule has 0 heterocycles. The lowest BCUT2D eigenvalue weighted by Crippen LogP contribution is -2.28. The second-order valence-corrected chi connectivity index (χ2v) is 6.14. The summed E-state index contributed by atoms with van der Waals surface area (Å²) in [5, 5.41) is 3.57. The Kier molecular flexibility index (Phi) is 7.22.